The Bertz CT molecular complexity index is 448. The van der Waals surface area contributed by atoms with Crippen LogP contribution >= 0.6 is 23.4 Å². The summed E-state index contributed by atoms with van der Waals surface area (Å²) < 4.78 is 0. The van der Waals surface area contributed by atoms with E-state index in [2.05, 4.69) is 31.2 Å². The maximum atomic E-state index is 6.08. The highest BCUT2D eigenvalue weighted by Crippen LogP contribution is 2.32. The summed E-state index contributed by atoms with van der Waals surface area (Å²) in [5.41, 5.74) is 1.28. The van der Waals surface area contributed by atoms with Gasteiger partial charge in [0.1, 0.15) is 0 Å². The average Bonchev–Trinajstić information content (AvgIpc) is 2.25. The van der Waals surface area contributed by atoms with Crippen molar-refractivity contribution in [1.29, 1.82) is 0 Å². The van der Waals surface area contributed by atoms with Crippen LogP contribution in [0.25, 0.3) is 0 Å². The molecule has 2 rings (SSSR count). The second kappa shape index (κ2) is 4.73. The van der Waals surface area contributed by atoms with Crippen molar-refractivity contribution in [1.82, 2.24) is 0 Å². The van der Waals surface area contributed by atoms with Gasteiger partial charge >= 0.3 is 0 Å². The Labute approximate surface area is 99.3 Å². The van der Waals surface area contributed by atoms with Crippen LogP contribution in [-0.4, -0.2) is 0 Å². The molecule has 0 aromatic heterocycles. The molecule has 2 aromatic carbocycles. The van der Waals surface area contributed by atoms with Crippen molar-refractivity contribution in [2.45, 2.75) is 16.7 Å². The van der Waals surface area contributed by atoms with E-state index in [1.165, 1.54) is 10.5 Å². The predicted octanol–water partition coefficient (Wildman–Crippen LogP) is 4.80. The van der Waals surface area contributed by atoms with Crippen LogP contribution in [0, 0.1) is 6.92 Å². The molecular formula is C13H11ClS. The van der Waals surface area contributed by atoms with Crippen molar-refractivity contribution in [2.24, 2.45) is 0 Å². The van der Waals surface area contributed by atoms with E-state index in [-0.39, 0.29) is 0 Å². The van der Waals surface area contributed by atoms with E-state index in [0.29, 0.717) is 0 Å². The molecule has 15 heavy (non-hydrogen) atoms. The van der Waals surface area contributed by atoms with E-state index in [1.807, 2.05) is 24.3 Å². The summed E-state index contributed by atoms with van der Waals surface area (Å²) in [6.07, 6.45) is 0. The lowest BCUT2D eigenvalue weighted by Gasteiger charge is -2.03. The van der Waals surface area contributed by atoms with Crippen molar-refractivity contribution in [3.63, 3.8) is 0 Å². The van der Waals surface area contributed by atoms with Gasteiger partial charge in [-0.3, -0.25) is 0 Å². The van der Waals surface area contributed by atoms with Crippen LogP contribution in [0.3, 0.4) is 0 Å². The number of hydrogen-bond donors (Lipinski definition) is 0. The molecule has 0 spiro atoms. The fourth-order valence-corrected chi connectivity index (χ4v) is 2.35. The van der Waals surface area contributed by atoms with Crippen molar-refractivity contribution >= 4 is 23.4 Å². The third kappa shape index (κ3) is 2.77. The predicted molar refractivity (Wildman–Crippen MR) is 66.8 cm³/mol. The van der Waals surface area contributed by atoms with Crippen LogP contribution in [0.15, 0.2) is 58.3 Å². The SMILES string of the molecule is Cc1ccc(Sc2ccccc2Cl)cc1. The fraction of sp³-hybridized carbons (Fsp3) is 0.0769. The molecule has 0 aliphatic heterocycles. The molecular weight excluding hydrogens is 224 g/mol. The van der Waals surface area contributed by atoms with E-state index in [9.17, 15) is 0 Å². The Morgan fingerprint density at radius 1 is 0.933 bits per heavy atom. The van der Waals surface area contributed by atoms with Gasteiger partial charge in [0.05, 0.1) is 5.02 Å². The van der Waals surface area contributed by atoms with Crippen molar-refractivity contribution < 1.29 is 0 Å². The molecule has 0 radical (unpaired) electrons. The van der Waals surface area contributed by atoms with Gasteiger partial charge in [0.25, 0.3) is 0 Å². The lowest BCUT2D eigenvalue weighted by Crippen LogP contribution is -1.76. The lowest BCUT2D eigenvalue weighted by atomic mass is 10.2. The van der Waals surface area contributed by atoms with Gasteiger partial charge in [0.15, 0.2) is 0 Å². The first-order chi connectivity index (χ1) is 7.25. The third-order valence-corrected chi connectivity index (χ3v) is 3.61. The highest BCUT2D eigenvalue weighted by atomic mass is 35.5. The fourth-order valence-electron chi connectivity index (χ4n) is 1.26. The highest BCUT2D eigenvalue weighted by Gasteiger charge is 2.00. The Morgan fingerprint density at radius 2 is 1.60 bits per heavy atom. The Morgan fingerprint density at radius 3 is 2.27 bits per heavy atom. The first kappa shape index (κ1) is 10.6. The van der Waals surface area contributed by atoms with Gasteiger partial charge in [-0.25, -0.2) is 0 Å². The quantitative estimate of drug-likeness (QED) is 0.719. The molecule has 0 aliphatic carbocycles. The van der Waals surface area contributed by atoms with Crippen LogP contribution in [0.2, 0.25) is 5.02 Å². The van der Waals surface area contributed by atoms with E-state index in [1.54, 1.807) is 11.8 Å². The molecule has 0 saturated heterocycles. The molecule has 0 atom stereocenters. The zero-order valence-corrected chi connectivity index (χ0v) is 9.98. The minimum Gasteiger partial charge on any atom is -0.0885 e. The van der Waals surface area contributed by atoms with E-state index < -0.39 is 0 Å². The number of aryl methyl sites for hydroxylation is 1. The molecule has 0 saturated carbocycles. The van der Waals surface area contributed by atoms with Crippen LogP contribution in [-0.2, 0) is 0 Å². The Hall–Kier alpha value is -0.920. The van der Waals surface area contributed by atoms with Crippen molar-refractivity contribution in [3.05, 3.63) is 59.1 Å². The summed E-state index contributed by atoms with van der Waals surface area (Å²) in [6.45, 7) is 2.09. The standard InChI is InChI=1S/C13H11ClS/c1-10-6-8-11(9-7-10)15-13-5-3-2-4-12(13)14/h2-9H,1H3. The summed E-state index contributed by atoms with van der Waals surface area (Å²) >= 11 is 7.78. The molecule has 2 heteroatoms. The molecule has 0 bridgehead atoms. The van der Waals surface area contributed by atoms with E-state index in [0.717, 1.165) is 9.92 Å². The summed E-state index contributed by atoms with van der Waals surface area (Å²) in [5.74, 6) is 0. The topological polar surface area (TPSA) is 0 Å². The van der Waals surface area contributed by atoms with E-state index >= 15 is 0 Å². The molecule has 0 amide bonds. The molecule has 0 N–H and O–H groups in total. The van der Waals surface area contributed by atoms with Crippen molar-refractivity contribution in [2.75, 3.05) is 0 Å². The van der Waals surface area contributed by atoms with Gasteiger partial charge in [-0.05, 0) is 31.2 Å². The molecule has 0 aliphatic rings. The summed E-state index contributed by atoms with van der Waals surface area (Å²) in [4.78, 5) is 2.32. The van der Waals surface area contributed by atoms with Gasteiger partial charge in [0, 0.05) is 9.79 Å². The largest absolute Gasteiger partial charge is 0.0885 e. The number of halogens is 1. The van der Waals surface area contributed by atoms with Crippen LogP contribution < -0.4 is 0 Å². The summed E-state index contributed by atoms with van der Waals surface area (Å²) in [5, 5.41) is 0.808. The van der Waals surface area contributed by atoms with Gasteiger partial charge < -0.3 is 0 Å². The molecule has 0 nitrogen and oxygen atoms in total. The molecule has 2 aromatic rings. The van der Waals surface area contributed by atoms with Gasteiger partial charge in [-0.1, -0.05) is 53.2 Å². The third-order valence-electron chi connectivity index (χ3n) is 2.09. The smallest absolute Gasteiger partial charge is 0.0545 e. The zero-order chi connectivity index (χ0) is 10.7. The average molecular weight is 235 g/mol. The normalized spacial score (nSPS) is 10.3. The van der Waals surface area contributed by atoms with Gasteiger partial charge in [-0.15, -0.1) is 0 Å². The van der Waals surface area contributed by atoms with E-state index in [4.69, 9.17) is 11.6 Å². The zero-order valence-electron chi connectivity index (χ0n) is 8.41. The second-order valence-corrected chi connectivity index (χ2v) is 4.87. The summed E-state index contributed by atoms with van der Waals surface area (Å²) in [6, 6.07) is 16.3. The minimum absolute atomic E-state index is 0.808. The van der Waals surface area contributed by atoms with Gasteiger partial charge in [-0.2, -0.15) is 0 Å². The first-order valence-electron chi connectivity index (χ1n) is 4.75. The second-order valence-electron chi connectivity index (χ2n) is 3.35. The minimum atomic E-state index is 0.808. The lowest BCUT2D eigenvalue weighted by molar-refractivity contribution is 1.36. The van der Waals surface area contributed by atoms with Crippen LogP contribution in [0.1, 0.15) is 5.56 Å². The number of hydrogen-bond acceptors (Lipinski definition) is 1. The maximum Gasteiger partial charge on any atom is 0.0545 e. The highest BCUT2D eigenvalue weighted by molar-refractivity contribution is 7.99. The van der Waals surface area contributed by atoms with Crippen LogP contribution in [0.4, 0.5) is 0 Å². The molecule has 76 valence electrons. The molecule has 0 heterocycles. The monoisotopic (exact) mass is 234 g/mol. The number of benzene rings is 2. The molecule has 0 fully saturated rings. The number of rotatable bonds is 2. The Balaban J connectivity index is 2.22. The first-order valence-corrected chi connectivity index (χ1v) is 5.94. The van der Waals surface area contributed by atoms with Crippen molar-refractivity contribution in [3.8, 4) is 0 Å². The summed E-state index contributed by atoms with van der Waals surface area (Å²) in [7, 11) is 0. The maximum absolute atomic E-state index is 6.08. The van der Waals surface area contributed by atoms with Gasteiger partial charge in [0.2, 0.25) is 0 Å². The Kier molecular flexibility index (Phi) is 3.34. The van der Waals surface area contributed by atoms with Crippen LogP contribution in [0.5, 0.6) is 0 Å². The molecule has 0 unspecified atom stereocenters.